The summed E-state index contributed by atoms with van der Waals surface area (Å²) in [6, 6.07) is 0. The Morgan fingerprint density at radius 3 is 2.52 bits per heavy atom. The Hall–Kier alpha value is -0.910. The van der Waals surface area contributed by atoms with E-state index >= 15 is 0 Å². The molecule has 0 spiro atoms. The molecule has 5 heteroatoms. The monoisotopic (exact) mass is 408 g/mol. The van der Waals surface area contributed by atoms with Crippen molar-refractivity contribution in [2.75, 3.05) is 0 Å². The van der Waals surface area contributed by atoms with Gasteiger partial charge in [0, 0.05) is 0 Å². The Kier molecular flexibility index (Phi) is 6.53. The van der Waals surface area contributed by atoms with Gasteiger partial charge < -0.3 is 9.84 Å². The smallest absolute Gasteiger partial charge is 0.308 e. The Bertz CT molecular complexity index is 644. The van der Waals surface area contributed by atoms with Gasteiger partial charge in [0.15, 0.2) is 0 Å². The maximum Gasteiger partial charge on any atom is 0.308 e. The van der Waals surface area contributed by atoms with Crippen LogP contribution in [-0.2, 0) is 19.3 Å². The highest BCUT2D eigenvalue weighted by Gasteiger charge is 2.52. The minimum absolute atomic E-state index is 0.0208. The van der Waals surface area contributed by atoms with Gasteiger partial charge in [0.2, 0.25) is 0 Å². The van der Waals surface area contributed by atoms with E-state index in [2.05, 4.69) is 34.6 Å². The van der Waals surface area contributed by atoms with Crippen LogP contribution in [0.25, 0.3) is 0 Å². The minimum Gasteiger partial charge on any atom is -0.481 e. The number of carbonyl (C=O) groups is 1. The van der Waals surface area contributed by atoms with Gasteiger partial charge >= 0.3 is 5.97 Å². The van der Waals surface area contributed by atoms with Crippen LogP contribution in [0.2, 0.25) is 0 Å². The summed E-state index contributed by atoms with van der Waals surface area (Å²) in [6.45, 7) is 13.1. The van der Waals surface area contributed by atoms with Gasteiger partial charge in [-0.3, -0.25) is 4.79 Å². The van der Waals surface area contributed by atoms with E-state index in [1.54, 1.807) is 18.1 Å². The molecule has 0 bridgehead atoms. The van der Waals surface area contributed by atoms with Crippen molar-refractivity contribution in [1.29, 1.82) is 0 Å². The van der Waals surface area contributed by atoms with E-state index in [1.165, 1.54) is 19.3 Å². The molecular weight excluding hydrogens is 368 g/mol. The van der Waals surface area contributed by atoms with Crippen LogP contribution in [0.4, 0.5) is 0 Å². The topological polar surface area (TPSA) is 68.3 Å². The highest BCUT2D eigenvalue weighted by Crippen LogP contribution is 2.49. The van der Waals surface area contributed by atoms with Crippen molar-refractivity contribution in [3.8, 4) is 0 Å². The summed E-state index contributed by atoms with van der Waals surface area (Å²) in [5.41, 5.74) is 3.19. The van der Waals surface area contributed by atoms with E-state index in [9.17, 15) is 4.79 Å². The first kappa shape index (κ1) is 22.8. The fourth-order valence-corrected chi connectivity index (χ4v) is 5.29. The maximum absolute atomic E-state index is 11.1. The molecule has 166 valence electrons. The molecule has 0 aromatic rings. The quantitative estimate of drug-likeness (QED) is 0.311. The molecule has 3 rings (SSSR count). The zero-order chi connectivity index (χ0) is 21.4. The van der Waals surface area contributed by atoms with Crippen LogP contribution in [0.15, 0.2) is 11.1 Å². The van der Waals surface area contributed by atoms with Gasteiger partial charge in [-0.2, -0.15) is 0 Å². The molecule has 0 aromatic heterocycles. The number of hydrogen-bond acceptors (Lipinski definition) is 4. The fraction of sp³-hybridized carbons (Fsp3) is 0.875. The molecule has 5 atom stereocenters. The molecular formula is C24H40O5. The minimum atomic E-state index is -0.837. The lowest BCUT2D eigenvalue weighted by molar-refractivity contribution is -0.411. The summed E-state index contributed by atoms with van der Waals surface area (Å²) in [5, 5.41) is 9.14. The third-order valence-corrected chi connectivity index (χ3v) is 7.81. The maximum atomic E-state index is 11.1. The second-order valence-electron chi connectivity index (χ2n) is 10.8. The highest BCUT2D eigenvalue weighted by molar-refractivity contribution is 5.70. The second-order valence-corrected chi connectivity index (χ2v) is 10.8. The van der Waals surface area contributed by atoms with Crippen LogP contribution in [0, 0.1) is 11.3 Å². The summed E-state index contributed by atoms with van der Waals surface area (Å²) < 4.78 is 6.13. The molecule has 0 aromatic carbocycles. The first-order valence-electron chi connectivity index (χ1n) is 11.4. The van der Waals surface area contributed by atoms with Crippen molar-refractivity contribution in [3.63, 3.8) is 0 Å². The normalized spacial score (nSPS) is 38.0. The van der Waals surface area contributed by atoms with E-state index in [1.807, 2.05) is 0 Å². The van der Waals surface area contributed by atoms with Crippen molar-refractivity contribution in [2.45, 2.75) is 123 Å². The van der Waals surface area contributed by atoms with Gasteiger partial charge in [0.1, 0.15) is 11.7 Å². The highest BCUT2D eigenvalue weighted by atomic mass is 17.2. The molecule has 5 nitrogen and oxygen atoms in total. The van der Waals surface area contributed by atoms with Gasteiger partial charge in [-0.25, -0.2) is 9.78 Å². The average molecular weight is 409 g/mol. The Labute approximate surface area is 176 Å². The number of allylic oxidation sites excluding steroid dienone is 2. The number of rotatable bonds is 8. The molecule has 2 heterocycles. The van der Waals surface area contributed by atoms with E-state index in [4.69, 9.17) is 19.6 Å². The largest absolute Gasteiger partial charge is 0.481 e. The standard InChI is InChI=1S/C24H40O5/c1-16-8-7-12-22(3,4)18(16)9-15-24(6)20(27-24)11-14-23(5)13-10-19(28-29-23)17(2)21(25)26/h17,19-20H,7-15H2,1-6H3,(H,25,26)/t17-,19+,20-,23+,24+/m1/s1. The van der Waals surface area contributed by atoms with Crippen LogP contribution in [0.3, 0.4) is 0 Å². The fourth-order valence-electron chi connectivity index (χ4n) is 5.29. The number of aliphatic carboxylic acids is 1. The van der Waals surface area contributed by atoms with Crippen molar-refractivity contribution in [2.24, 2.45) is 11.3 Å². The second kappa shape index (κ2) is 8.32. The summed E-state index contributed by atoms with van der Waals surface area (Å²) in [5.74, 6) is -1.38. The number of hydrogen-bond donors (Lipinski definition) is 1. The van der Waals surface area contributed by atoms with Gasteiger partial charge in [-0.1, -0.05) is 25.0 Å². The first-order valence-corrected chi connectivity index (χ1v) is 11.4. The average Bonchev–Trinajstić information content (AvgIpc) is 3.29. The van der Waals surface area contributed by atoms with Crippen LogP contribution >= 0.6 is 0 Å². The number of carboxylic acid groups (broad SMARTS) is 1. The lowest BCUT2D eigenvalue weighted by Crippen LogP contribution is -2.41. The molecule has 0 saturated carbocycles. The molecule has 3 aliphatic rings. The number of epoxide rings is 1. The van der Waals surface area contributed by atoms with Gasteiger partial charge in [0.05, 0.1) is 17.6 Å². The van der Waals surface area contributed by atoms with Gasteiger partial charge in [0.25, 0.3) is 0 Å². The first-order chi connectivity index (χ1) is 13.5. The third kappa shape index (κ3) is 5.23. The molecule has 2 saturated heterocycles. The zero-order valence-corrected chi connectivity index (χ0v) is 19.2. The van der Waals surface area contributed by atoms with E-state index in [-0.39, 0.29) is 23.4 Å². The molecule has 2 aliphatic heterocycles. The van der Waals surface area contributed by atoms with E-state index < -0.39 is 11.9 Å². The van der Waals surface area contributed by atoms with Crippen LogP contribution in [0.1, 0.15) is 99.3 Å². The molecule has 1 aliphatic carbocycles. The summed E-state index contributed by atoms with van der Waals surface area (Å²) in [4.78, 5) is 22.3. The molecule has 0 unspecified atom stereocenters. The molecule has 0 amide bonds. The molecule has 29 heavy (non-hydrogen) atoms. The van der Waals surface area contributed by atoms with Crippen LogP contribution in [-0.4, -0.2) is 34.5 Å². The molecule has 1 N–H and O–H groups in total. The summed E-state index contributed by atoms with van der Waals surface area (Å²) in [7, 11) is 0. The van der Waals surface area contributed by atoms with Crippen molar-refractivity contribution < 1.29 is 24.4 Å². The molecule has 0 radical (unpaired) electrons. The lowest BCUT2D eigenvalue weighted by Gasteiger charge is -2.37. The zero-order valence-electron chi connectivity index (χ0n) is 19.2. The Balaban J connectivity index is 1.44. The van der Waals surface area contributed by atoms with E-state index in [0.717, 1.165) is 38.5 Å². The number of ether oxygens (including phenoxy) is 1. The van der Waals surface area contributed by atoms with Crippen molar-refractivity contribution in [1.82, 2.24) is 0 Å². The Morgan fingerprint density at radius 2 is 1.93 bits per heavy atom. The predicted octanol–water partition coefficient (Wildman–Crippen LogP) is 5.82. The van der Waals surface area contributed by atoms with Crippen LogP contribution in [0.5, 0.6) is 0 Å². The third-order valence-electron chi connectivity index (χ3n) is 7.81. The van der Waals surface area contributed by atoms with Gasteiger partial charge in [-0.15, -0.1) is 0 Å². The SMILES string of the molecule is CC1=C(CC[C@]2(C)O[C@@H]2CC[C@]2(C)CC[C@@H]([C@@H](C)C(=O)O)OO2)C(C)(C)CCC1. The summed E-state index contributed by atoms with van der Waals surface area (Å²) >= 11 is 0. The van der Waals surface area contributed by atoms with E-state index in [0.29, 0.717) is 5.41 Å². The van der Waals surface area contributed by atoms with Crippen molar-refractivity contribution in [3.05, 3.63) is 11.1 Å². The van der Waals surface area contributed by atoms with Crippen molar-refractivity contribution >= 4 is 5.97 Å². The molecule has 2 fully saturated rings. The predicted molar refractivity (Wildman–Crippen MR) is 112 cm³/mol. The van der Waals surface area contributed by atoms with Crippen LogP contribution < -0.4 is 0 Å². The summed E-state index contributed by atoms with van der Waals surface area (Å²) in [6.07, 6.45) is 9.35. The Morgan fingerprint density at radius 1 is 1.21 bits per heavy atom. The van der Waals surface area contributed by atoms with Gasteiger partial charge in [-0.05, 0) is 90.9 Å². The lowest BCUT2D eigenvalue weighted by atomic mass is 9.70. The number of carboxylic acids is 1.